The predicted octanol–water partition coefficient (Wildman–Crippen LogP) is 3.36. The topological polar surface area (TPSA) is 104 Å². The zero-order valence-electron chi connectivity index (χ0n) is 18.7. The minimum absolute atomic E-state index is 0.0425. The quantitative estimate of drug-likeness (QED) is 0.760. The Labute approximate surface area is 182 Å². The largest absolute Gasteiger partial charge is 0.444 e. The van der Waals surface area contributed by atoms with Gasteiger partial charge in [0.05, 0.1) is 23.4 Å². The van der Waals surface area contributed by atoms with E-state index in [0.29, 0.717) is 29.7 Å². The summed E-state index contributed by atoms with van der Waals surface area (Å²) >= 11 is 0. The van der Waals surface area contributed by atoms with E-state index >= 15 is 0 Å². The lowest BCUT2D eigenvalue weighted by Crippen LogP contribution is -2.50. The van der Waals surface area contributed by atoms with E-state index < -0.39 is 11.7 Å². The zero-order valence-corrected chi connectivity index (χ0v) is 18.7. The van der Waals surface area contributed by atoms with E-state index in [2.05, 4.69) is 15.3 Å². The first-order valence-electron chi connectivity index (χ1n) is 10.9. The first-order valence-corrected chi connectivity index (χ1v) is 10.9. The molecule has 168 valence electrons. The number of fused-ring (bicyclic) bond motifs is 1. The standard InChI is InChI=1S/C23H32N4O4/c1-5-27(14-19-24-17-12-8-6-10-15(17)20(28)26-19)21(29)16-11-7-9-13-18(16)25-22(30)31-23(2,3)4/h6,8,10,12,16,18H,5,7,9,11,13-14H2,1-4H3,(H,25,30)(H,24,26,28). The fourth-order valence-electron chi connectivity index (χ4n) is 4.03. The Hall–Kier alpha value is -2.90. The molecule has 1 heterocycles. The van der Waals surface area contributed by atoms with Gasteiger partial charge in [-0.25, -0.2) is 9.78 Å². The van der Waals surface area contributed by atoms with Crippen molar-refractivity contribution >= 4 is 22.9 Å². The number of ether oxygens (including phenoxy) is 1. The van der Waals surface area contributed by atoms with Crippen molar-refractivity contribution in [3.8, 4) is 0 Å². The molecule has 3 rings (SSSR count). The number of alkyl carbamates (subject to hydrolysis) is 1. The lowest BCUT2D eigenvalue weighted by Gasteiger charge is -2.35. The summed E-state index contributed by atoms with van der Waals surface area (Å²) in [6.07, 6.45) is 2.83. The van der Waals surface area contributed by atoms with Crippen LogP contribution in [0.25, 0.3) is 10.9 Å². The van der Waals surface area contributed by atoms with Crippen LogP contribution in [0.5, 0.6) is 0 Å². The lowest BCUT2D eigenvalue weighted by molar-refractivity contribution is -0.138. The third-order valence-corrected chi connectivity index (χ3v) is 5.48. The summed E-state index contributed by atoms with van der Waals surface area (Å²) in [5.41, 5.74) is -0.209. The summed E-state index contributed by atoms with van der Waals surface area (Å²) in [6.45, 7) is 8.02. The van der Waals surface area contributed by atoms with Crippen molar-refractivity contribution < 1.29 is 14.3 Å². The van der Waals surface area contributed by atoms with E-state index in [1.54, 1.807) is 23.1 Å². The van der Waals surface area contributed by atoms with Gasteiger partial charge in [0.1, 0.15) is 11.4 Å². The molecule has 1 aliphatic carbocycles. The number of carbonyl (C=O) groups excluding carboxylic acids is 2. The SMILES string of the molecule is CCN(Cc1nc2ccccc2c(=O)[nH]1)C(=O)C1CCCCC1NC(=O)OC(C)(C)C. The molecule has 2 aromatic rings. The highest BCUT2D eigenvalue weighted by molar-refractivity contribution is 5.81. The van der Waals surface area contributed by atoms with Gasteiger partial charge < -0.3 is 19.9 Å². The average Bonchev–Trinajstić information content (AvgIpc) is 2.70. The summed E-state index contributed by atoms with van der Waals surface area (Å²) in [7, 11) is 0. The van der Waals surface area contributed by atoms with Crippen molar-refractivity contribution in [2.24, 2.45) is 5.92 Å². The number of carbonyl (C=O) groups is 2. The third-order valence-electron chi connectivity index (χ3n) is 5.48. The van der Waals surface area contributed by atoms with Crippen LogP contribution < -0.4 is 10.9 Å². The number of nitrogens with one attached hydrogen (secondary N) is 2. The molecule has 2 atom stereocenters. The van der Waals surface area contributed by atoms with Gasteiger partial charge in [-0.05, 0) is 52.7 Å². The molecule has 0 saturated heterocycles. The van der Waals surface area contributed by atoms with Crippen molar-refractivity contribution in [2.75, 3.05) is 6.54 Å². The number of hydrogen-bond donors (Lipinski definition) is 2. The highest BCUT2D eigenvalue weighted by atomic mass is 16.6. The Morgan fingerprint density at radius 3 is 2.65 bits per heavy atom. The molecular weight excluding hydrogens is 396 g/mol. The van der Waals surface area contributed by atoms with E-state index in [4.69, 9.17) is 4.74 Å². The summed E-state index contributed by atoms with van der Waals surface area (Å²) in [6, 6.07) is 6.86. The number of H-pyrrole nitrogens is 1. The number of amides is 2. The molecule has 8 heteroatoms. The van der Waals surface area contributed by atoms with Crippen LogP contribution in [0.1, 0.15) is 59.2 Å². The number of nitrogens with zero attached hydrogens (tertiary/aromatic N) is 2. The Balaban J connectivity index is 1.75. The number of benzene rings is 1. The van der Waals surface area contributed by atoms with E-state index in [-0.39, 0.29) is 30.0 Å². The second-order valence-electron chi connectivity index (χ2n) is 9.03. The maximum absolute atomic E-state index is 13.4. The van der Waals surface area contributed by atoms with Gasteiger partial charge >= 0.3 is 6.09 Å². The molecule has 1 aromatic carbocycles. The highest BCUT2D eigenvalue weighted by Crippen LogP contribution is 2.27. The minimum Gasteiger partial charge on any atom is -0.444 e. The van der Waals surface area contributed by atoms with Gasteiger partial charge in [0.25, 0.3) is 5.56 Å². The van der Waals surface area contributed by atoms with Crippen molar-refractivity contribution in [3.63, 3.8) is 0 Å². The molecule has 2 amide bonds. The van der Waals surface area contributed by atoms with Gasteiger partial charge in [-0.2, -0.15) is 0 Å². The Kier molecular flexibility index (Phi) is 6.97. The van der Waals surface area contributed by atoms with E-state index in [9.17, 15) is 14.4 Å². The molecule has 31 heavy (non-hydrogen) atoms. The first-order chi connectivity index (χ1) is 14.7. The summed E-state index contributed by atoms with van der Waals surface area (Å²) in [4.78, 5) is 47.0. The molecule has 0 spiro atoms. The van der Waals surface area contributed by atoms with Gasteiger partial charge in [0.15, 0.2) is 0 Å². The zero-order chi connectivity index (χ0) is 22.6. The van der Waals surface area contributed by atoms with Crippen LogP contribution in [0.3, 0.4) is 0 Å². The molecule has 0 aliphatic heterocycles. The number of rotatable bonds is 5. The van der Waals surface area contributed by atoms with Gasteiger partial charge in [-0.15, -0.1) is 0 Å². The number of para-hydroxylation sites is 1. The van der Waals surface area contributed by atoms with Crippen LogP contribution >= 0.6 is 0 Å². The molecule has 1 aliphatic rings. The van der Waals surface area contributed by atoms with Crippen LogP contribution in [0, 0.1) is 5.92 Å². The normalized spacial score (nSPS) is 19.1. The number of aromatic nitrogens is 2. The molecular formula is C23H32N4O4. The smallest absolute Gasteiger partial charge is 0.407 e. The van der Waals surface area contributed by atoms with E-state index in [1.165, 1.54) is 0 Å². The molecule has 2 unspecified atom stereocenters. The van der Waals surface area contributed by atoms with Gasteiger partial charge in [0, 0.05) is 12.6 Å². The van der Waals surface area contributed by atoms with Crippen molar-refractivity contribution in [1.29, 1.82) is 0 Å². The monoisotopic (exact) mass is 428 g/mol. The molecule has 1 saturated carbocycles. The molecule has 0 bridgehead atoms. The Morgan fingerprint density at radius 1 is 1.23 bits per heavy atom. The minimum atomic E-state index is -0.596. The lowest BCUT2D eigenvalue weighted by atomic mass is 9.83. The molecule has 1 aromatic heterocycles. The van der Waals surface area contributed by atoms with E-state index in [1.807, 2.05) is 33.8 Å². The third kappa shape index (κ3) is 5.83. The first kappa shape index (κ1) is 22.8. The number of aromatic amines is 1. The Bertz CT molecular complexity index is 995. The average molecular weight is 429 g/mol. The number of hydrogen-bond acceptors (Lipinski definition) is 5. The van der Waals surface area contributed by atoms with Crippen LogP contribution in [-0.2, 0) is 16.1 Å². The van der Waals surface area contributed by atoms with Gasteiger partial charge in [-0.3, -0.25) is 9.59 Å². The van der Waals surface area contributed by atoms with Crippen LogP contribution in [0.2, 0.25) is 0 Å². The van der Waals surface area contributed by atoms with E-state index in [0.717, 1.165) is 19.3 Å². The van der Waals surface area contributed by atoms with Gasteiger partial charge in [0.2, 0.25) is 5.91 Å². The molecule has 1 fully saturated rings. The summed E-state index contributed by atoms with van der Waals surface area (Å²) < 4.78 is 5.38. The second kappa shape index (κ2) is 9.49. The van der Waals surface area contributed by atoms with Crippen LogP contribution in [0.15, 0.2) is 29.1 Å². The summed E-state index contributed by atoms with van der Waals surface area (Å²) in [5.74, 6) is 0.0822. The van der Waals surface area contributed by atoms with Crippen molar-refractivity contribution in [1.82, 2.24) is 20.2 Å². The fraction of sp³-hybridized carbons (Fsp3) is 0.565. The maximum Gasteiger partial charge on any atom is 0.407 e. The van der Waals surface area contributed by atoms with Crippen LogP contribution in [-0.4, -0.2) is 45.1 Å². The van der Waals surface area contributed by atoms with Crippen LogP contribution in [0.4, 0.5) is 4.79 Å². The van der Waals surface area contributed by atoms with Crippen molar-refractivity contribution in [3.05, 3.63) is 40.4 Å². The predicted molar refractivity (Wildman–Crippen MR) is 119 cm³/mol. The molecule has 2 N–H and O–H groups in total. The second-order valence-corrected chi connectivity index (χ2v) is 9.03. The summed E-state index contributed by atoms with van der Waals surface area (Å²) in [5, 5.41) is 3.42. The fourth-order valence-corrected chi connectivity index (χ4v) is 4.03. The van der Waals surface area contributed by atoms with Gasteiger partial charge in [-0.1, -0.05) is 25.0 Å². The molecule has 0 radical (unpaired) electrons. The maximum atomic E-state index is 13.4. The molecule has 8 nitrogen and oxygen atoms in total. The highest BCUT2D eigenvalue weighted by Gasteiger charge is 2.35. The Morgan fingerprint density at radius 2 is 1.94 bits per heavy atom. The van der Waals surface area contributed by atoms with Crippen molar-refractivity contribution in [2.45, 2.75) is 71.6 Å².